The molecule has 2 aromatic rings. The molecular formula is C31H39N3O5. The molecule has 1 aliphatic carbocycles. The van der Waals surface area contributed by atoms with Gasteiger partial charge in [-0.15, -0.1) is 0 Å². The summed E-state index contributed by atoms with van der Waals surface area (Å²) in [7, 11) is 3.44. The average Bonchev–Trinajstić information content (AvgIpc) is 2.97. The van der Waals surface area contributed by atoms with Crippen molar-refractivity contribution >= 4 is 11.8 Å². The molecule has 0 unspecified atom stereocenters. The quantitative estimate of drug-likeness (QED) is 0.569. The van der Waals surface area contributed by atoms with Crippen molar-refractivity contribution in [2.24, 2.45) is 11.8 Å². The first-order valence-corrected chi connectivity index (χ1v) is 13.8. The molecule has 2 aliphatic rings. The number of carbonyl (C=O) groups excluding carboxylic acids is 2. The normalized spacial score (nSPS) is 20.4. The molecule has 1 aromatic heterocycles. The zero-order valence-electron chi connectivity index (χ0n) is 23.4. The third-order valence-corrected chi connectivity index (χ3v) is 7.73. The van der Waals surface area contributed by atoms with E-state index in [-0.39, 0.29) is 48.3 Å². The van der Waals surface area contributed by atoms with Gasteiger partial charge in [-0.2, -0.15) is 0 Å². The predicted octanol–water partition coefficient (Wildman–Crippen LogP) is 3.75. The maximum Gasteiger partial charge on any atom is 0.259 e. The van der Waals surface area contributed by atoms with Crippen molar-refractivity contribution in [2.75, 3.05) is 33.9 Å². The van der Waals surface area contributed by atoms with E-state index in [0.717, 1.165) is 31.2 Å². The number of pyridine rings is 1. The van der Waals surface area contributed by atoms with Crippen LogP contribution in [0.25, 0.3) is 0 Å². The summed E-state index contributed by atoms with van der Waals surface area (Å²) in [6.45, 7) is 4.44. The minimum absolute atomic E-state index is 0.0659. The molecule has 0 saturated heterocycles. The zero-order chi connectivity index (χ0) is 27.9. The molecule has 39 heavy (non-hydrogen) atoms. The topological polar surface area (TPSA) is 92.2 Å². The Morgan fingerprint density at radius 1 is 1.23 bits per heavy atom. The van der Waals surface area contributed by atoms with Gasteiger partial charge in [-0.1, -0.05) is 44.1 Å². The van der Waals surface area contributed by atoms with Gasteiger partial charge >= 0.3 is 0 Å². The van der Waals surface area contributed by atoms with E-state index in [4.69, 9.17) is 9.47 Å². The number of likely N-dealkylation sites (N-methyl/N-ethyl adjacent to an activating group) is 1. The van der Waals surface area contributed by atoms with Crippen molar-refractivity contribution in [2.45, 2.75) is 58.1 Å². The number of aliphatic hydroxyl groups is 1. The lowest BCUT2D eigenvalue weighted by Gasteiger charge is -2.38. The SMILES string of the molecule is COc1cccc(C#Cc2cnc3c(c2)C(=O)N([C@H](C)CO)C[C@@H](C)[C@@H](CN(C)C(=O)C2CCCCC2)O3)c1. The minimum Gasteiger partial charge on any atom is -0.497 e. The number of benzene rings is 1. The number of hydrogen-bond acceptors (Lipinski definition) is 6. The first kappa shape index (κ1) is 28.4. The first-order chi connectivity index (χ1) is 18.8. The Labute approximate surface area is 231 Å². The molecule has 1 aliphatic heterocycles. The molecule has 3 atom stereocenters. The lowest BCUT2D eigenvalue weighted by Crippen LogP contribution is -2.51. The Kier molecular flexibility index (Phi) is 9.47. The molecule has 1 fully saturated rings. The van der Waals surface area contributed by atoms with Crippen molar-refractivity contribution in [1.29, 1.82) is 0 Å². The lowest BCUT2D eigenvalue weighted by atomic mass is 9.88. The Morgan fingerprint density at radius 3 is 2.69 bits per heavy atom. The van der Waals surface area contributed by atoms with E-state index in [0.29, 0.717) is 30.0 Å². The molecule has 8 nitrogen and oxygen atoms in total. The Morgan fingerprint density at radius 2 is 1.97 bits per heavy atom. The van der Waals surface area contributed by atoms with E-state index in [9.17, 15) is 14.7 Å². The van der Waals surface area contributed by atoms with Crippen LogP contribution >= 0.6 is 0 Å². The van der Waals surface area contributed by atoms with Crippen LogP contribution in [0.2, 0.25) is 0 Å². The molecular weight excluding hydrogens is 494 g/mol. The highest BCUT2D eigenvalue weighted by Crippen LogP contribution is 2.29. The molecule has 0 spiro atoms. The molecule has 0 radical (unpaired) electrons. The number of ether oxygens (including phenoxy) is 2. The molecule has 8 heteroatoms. The van der Waals surface area contributed by atoms with E-state index in [1.807, 2.05) is 45.2 Å². The number of amides is 2. The van der Waals surface area contributed by atoms with Gasteiger partial charge in [-0.05, 0) is 44.0 Å². The van der Waals surface area contributed by atoms with E-state index in [2.05, 4.69) is 16.8 Å². The Hall–Kier alpha value is -3.57. The monoisotopic (exact) mass is 533 g/mol. The third kappa shape index (κ3) is 6.90. The largest absolute Gasteiger partial charge is 0.497 e. The standard InChI is InChI=1S/C31H39N3O5/c1-21-18-34(22(2)20-35)31(37)27-16-24(14-13-23-9-8-12-26(15-23)38-4)17-32-29(27)39-28(21)19-33(3)30(36)25-10-6-5-7-11-25/h8-9,12,15-17,21-22,25,28,35H,5-7,10-11,18-20H2,1-4H3/t21-,22-,28-/m1/s1. The van der Waals surface area contributed by atoms with E-state index in [1.54, 1.807) is 29.2 Å². The van der Waals surface area contributed by atoms with Crippen molar-refractivity contribution in [3.63, 3.8) is 0 Å². The number of aliphatic hydroxyl groups excluding tert-OH is 1. The van der Waals surface area contributed by atoms with Crippen LogP contribution in [0.15, 0.2) is 36.5 Å². The van der Waals surface area contributed by atoms with E-state index >= 15 is 0 Å². The lowest BCUT2D eigenvalue weighted by molar-refractivity contribution is -0.136. The fourth-order valence-corrected chi connectivity index (χ4v) is 5.25. The number of hydrogen-bond donors (Lipinski definition) is 1. The van der Waals surface area contributed by atoms with Gasteiger partial charge in [0.15, 0.2) is 0 Å². The van der Waals surface area contributed by atoms with Gasteiger partial charge in [0.25, 0.3) is 5.91 Å². The Balaban J connectivity index is 1.62. The van der Waals surface area contributed by atoms with Gasteiger partial charge in [-0.3, -0.25) is 9.59 Å². The third-order valence-electron chi connectivity index (χ3n) is 7.73. The molecule has 2 amide bonds. The van der Waals surface area contributed by atoms with Crippen molar-refractivity contribution in [1.82, 2.24) is 14.8 Å². The summed E-state index contributed by atoms with van der Waals surface area (Å²) in [5.41, 5.74) is 1.64. The second-order valence-corrected chi connectivity index (χ2v) is 10.7. The molecule has 0 bridgehead atoms. The van der Waals surface area contributed by atoms with Crippen LogP contribution < -0.4 is 9.47 Å². The summed E-state index contributed by atoms with van der Waals surface area (Å²) in [6, 6.07) is 8.74. The fraction of sp³-hybridized carbons (Fsp3) is 0.516. The highest BCUT2D eigenvalue weighted by Gasteiger charge is 2.35. The van der Waals surface area contributed by atoms with Crippen LogP contribution in [0.1, 0.15) is 67.4 Å². The van der Waals surface area contributed by atoms with Gasteiger partial charge in [-0.25, -0.2) is 4.98 Å². The number of nitrogens with zero attached hydrogens (tertiary/aromatic N) is 3. The van der Waals surface area contributed by atoms with Crippen molar-refractivity contribution < 1.29 is 24.2 Å². The number of carbonyl (C=O) groups is 2. The first-order valence-electron chi connectivity index (χ1n) is 13.8. The van der Waals surface area contributed by atoms with Gasteiger partial charge in [0.2, 0.25) is 11.8 Å². The van der Waals surface area contributed by atoms with Gasteiger partial charge in [0.1, 0.15) is 17.4 Å². The van der Waals surface area contributed by atoms with Crippen LogP contribution in [0.5, 0.6) is 11.6 Å². The average molecular weight is 534 g/mol. The second-order valence-electron chi connectivity index (χ2n) is 10.7. The highest BCUT2D eigenvalue weighted by molar-refractivity contribution is 5.97. The number of fused-ring (bicyclic) bond motifs is 1. The molecule has 2 heterocycles. The van der Waals surface area contributed by atoms with Crippen LogP contribution in [0.4, 0.5) is 0 Å². The Bertz CT molecular complexity index is 1230. The zero-order valence-corrected chi connectivity index (χ0v) is 23.4. The number of aromatic nitrogens is 1. The summed E-state index contributed by atoms with van der Waals surface area (Å²) in [5, 5.41) is 9.91. The summed E-state index contributed by atoms with van der Waals surface area (Å²) in [5.74, 6) is 6.98. The van der Waals surface area contributed by atoms with Crippen molar-refractivity contribution in [3.05, 3.63) is 53.2 Å². The molecule has 4 rings (SSSR count). The highest BCUT2D eigenvalue weighted by atomic mass is 16.5. The predicted molar refractivity (Wildman–Crippen MR) is 149 cm³/mol. The summed E-state index contributed by atoms with van der Waals surface area (Å²) >= 11 is 0. The summed E-state index contributed by atoms with van der Waals surface area (Å²) in [4.78, 5) is 34.8. The molecule has 1 N–H and O–H groups in total. The molecule has 208 valence electrons. The van der Waals surface area contributed by atoms with Gasteiger partial charge in [0.05, 0.1) is 26.3 Å². The maximum atomic E-state index is 13.7. The van der Waals surface area contributed by atoms with Crippen molar-refractivity contribution in [3.8, 4) is 23.5 Å². The van der Waals surface area contributed by atoms with Gasteiger partial charge in [0, 0.05) is 42.8 Å². The second kappa shape index (κ2) is 13.0. The van der Waals surface area contributed by atoms with Crippen LogP contribution in [0, 0.1) is 23.7 Å². The van der Waals surface area contributed by atoms with E-state index < -0.39 is 0 Å². The number of methoxy groups -OCH3 is 1. The van der Waals surface area contributed by atoms with Crippen LogP contribution in [-0.4, -0.2) is 77.7 Å². The molecule has 1 saturated carbocycles. The molecule has 1 aromatic carbocycles. The maximum absolute atomic E-state index is 13.7. The van der Waals surface area contributed by atoms with Crippen LogP contribution in [-0.2, 0) is 4.79 Å². The van der Waals surface area contributed by atoms with E-state index in [1.165, 1.54) is 6.42 Å². The number of rotatable bonds is 6. The summed E-state index contributed by atoms with van der Waals surface area (Å²) < 4.78 is 11.6. The fourth-order valence-electron chi connectivity index (χ4n) is 5.25. The summed E-state index contributed by atoms with van der Waals surface area (Å²) in [6.07, 6.45) is 6.48. The van der Waals surface area contributed by atoms with Crippen LogP contribution in [0.3, 0.4) is 0 Å². The van der Waals surface area contributed by atoms with Gasteiger partial charge < -0.3 is 24.4 Å². The minimum atomic E-state index is -0.389. The smallest absolute Gasteiger partial charge is 0.259 e.